The van der Waals surface area contributed by atoms with E-state index in [1.54, 1.807) is 18.3 Å². The van der Waals surface area contributed by atoms with E-state index in [0.29, 0.717) is 0 Å². The summed E-state index contributed by atoms with van der Waals surface area (Å²) in [5.41, 5.74) is 0. The lowest BCUT2D eigenvalue weighted by molar-refractivity contribution is 0.630. The van der Waals surface area contributed by atoms with Gasteiger partial charge in [0.25, 0.3) is 0 Å². The molecule has 15 heavy (non-hydrogen) atoms. The Morgan fingerprint density at radius 2 is 1.73 bits per heavy atom. The molecule has 72 valence electrons. The third-order valence-corrected chi connectivity index (χ3v) is 2.60. The largest absolute Gasteiger partial charge is 0.264 e. The van der Waals surface area contributed by atoms with E-state index in [4.69, 9.17) is 0 Å². The van der Waals surface area contributed by atoms with Gasteiger partial charge in [0.05, 0.1) is 0 Å². The summed E-state index contributed by atoms with van der Waals surface area (Å²) in [4.78, 5) is 4.09. The third-order valence-electron chi connectivity index (χ3n) is 2.60. The zero-order valence-corrected chi connectivity index (χ0v) is 7.94. The Hall–Kier alpha value is -1.96. The quantitative estimate of drug-likeness (QED) is 0.502. The molecule has 0 saturated heterocycles. The number of nitrogens with zero attached hydrogens (tertiary/aromatic N) is 1. The van der Waals surface area contributed by atoms with E-state index in [-0.39, 0.29) is 5.82 Å². The number of hydrogen-bond acceptors (Lipinski definition) is 1. The highest BCUT2D eigenvalue weighted by Crippen LogP contribution is 2.24. The van der Waals surface area contributed by atoms with E-state index in [9.17, 15) is 4.39 Å². The van der Waals surface area contributed by atoms with Crippen LogP contribution in [0.15, 0.2) is 48.8 Å². The lowest BCUT2D eigenvalue weighted by Crippen LogP contribution is -1.80. The summed E-state index contributed by atoms with van der Waals surface area (Å²) < 4.78 is 13.0. The molecule has 0 amide bonds. The van der Waals surface area contributed by atoms with Crippen molar-refractivity contribution in [1.29, 1.82) is 0 Å². The fraction of sp³-hybridized carbons (Fsp3) is 0. The molecule has 0 aliphatic carbocycles. The average Bonchev–Trinajstić information content (AvgIpc) is 2.28. The van der Waals surface area contributed by atoms with Gasteiger partial charge in [0.2, 0.25) is 0 Å². The fourth-order valence-electron chi connectivity index (χ4n) is 1.87. The number of rotatable bonds is 0. The minimum absolute atomic E-state index is 0.203. The van der Waals surface area contributed by atoms with Gasteiger partial charge in [-0.3, -0.25) is 4.98 Å². The van der Waals surface area contributed by atoms with E-state index in [0.717, 1.165) is 21.5 Å². The molecule has 1 nitrogen and oxygen atoms in total. The standard InChI is InChI=1S/C13H8FN/c14-11-3-4-12-10(7-11)2-1-9-5-6-15-8-13(9)12/h1-8H. The normalized spacial score (nSPS) is 11.0. The number of pyridine rings is 1. The van der Waals surface area contributed by atoms with Crippen molar-refractivity contribution in [2.75, 3.05) is 0 Å². The molecule has 0 atom stereocenters. The molecular weight excluding hydrogens is 189 g/mol. The van der Waals surface area contributed by atoms with Crippen molar-refractivity contribution in [3.05, 3.63) is 54.6 Å². The molecule has 0 radical (unpaired) electrons. The monoisotopic (exact) mass is 197 g/mol. The van der Waals surface area contributed by atoms with E-state index >= 15 is 0 Å². The molecule has 2 heteroatoms. The first-order valence-electron chi connectivity index (χ1n) is 4.76. The smallest absolute Gasteiger partial charge is 0.123 e. The van der Waals surface area contributed by atoms with E-state index in [1.807, 2.05) is 24.4 Å². The second-order valence-corrected chi connectivity index (χ2v) is 3.53. The molecule has 0 saturated carbocycles. The van der Waals surface area contributed by atoms with Gasteiger partial charge in [-0.15, -0.1) is 0 Å². The van der Waals surface area contributed by atoms with Gasteiger partial charge in [-0.25, -0.2) is 4.39 Å². The number of halogens is 1. The van der Waals surface area contributed by atoms with Crippen molar-refractivity contribution in [3.8, 4) is 0 Å². The van der Waals surface area contributed by atoms with Gasteiger partial charge < -0.3 is 0 Å². The van der Waals surface area contributed by atoms with Crippen LogP contribution in [0.1, 0.15) is 0 Å². The van der Waals surface area contributed by atoms with E-state index < -0.39 is 0 Å². The van der Waals surface area contributed by atoms with Crippen molar-refractivity contribution in [2.45, 2.75) is 0 Å². The van der Waals surface area contributed by atoms with Crippen LogP contribution in [-0.2, 0) is 0 Å². The minimum atomic E-state index is -0.203. The number of hydrogen-bond donors (Lipinski definition) is 0. The predicted octanol–water partition coefficient (Wildman–Crippen LogP) is 3.53. The number of fused-ring (bicyclic) bond motifs is 3. The summed E-state index contributed by atoms with van der Waals surface area (Å²) in [6.45, 7) is 0. The highest BCUT2D eigenvalue weighted by molar-refractivity contribution is 6.06. The Morgan fingerprint density at radius 1 is 0.867 bits per heavy atom. The lowest BCUT2D eigenvalue weighted by atomic mass is 10.0. The summed E-state index contributed by atoms with van der Waals surface area (Å²) in [7, 11) is 0. The maximum absolute atomic E-state index is 13.0. The second-order valence-electron chi connectivity index (χ2n) is 3.53. The van der Waals surface area contributed by atoms with Gasteiger partial charge in [-0.05, 0) is 34.4 Å². The van der Waals surface area contributed by atoms with Crippen LogP contribution in [0.3, 0.4) is 0 Å². The van der Waals surface area contributed by atoms with Gasteiger partial charge in [-0.1, -0.05) is 18.2 Å². The topological polar surface area (TPSA) is 12.9 Å². The van der Waals surface area contributed by atoms with E-state index in [1.165, 1.54) is 6.07 Å². The summed E-state index contributed by atoms with van der Waals surface area (Å²) in [5.74, 6) is -0.203. The fourth-order valence-corrected chi connectivity index (χ4v) is 1.87. The van der Waals surface area contributed by atoms with Crippen LogP contribution in [0.4, 0.5) is 4.39 Å². The molecule has 0 bridgehead atoms. The lowest BCUT2D eigenvalue weighted by Gasteiger charge is -2.02. The molecule has 0 aliphatic heterocycles. The Kier molecular flexibility index (Phi) is 1.68. The molecule has 0 fully saturated rings. The van der Waals surface area contributed by atoms with E-state index in [2.05, 4.69) is 4.98 Å². The molecule has 3 rings (SSSR count). The molecular formula is C13H8FN. The second kappa shape index (κ2) is 3.02. The summed E-state index contributed by atoms with van der Waals surface area (Å²) in [6.07, 6.45) is 3.58. The molecule has 0 spiro atoms. The van der Waals surface area contributed by atoms with Crippen molar-refractivity contribution in [2.24, 2.45) is 0 Å². The highest BCUT2D eigenvalue weighted by atomic mass is 19.1. The summed E-state index contributed by atoms with van der Waals surface area (Å²) in [6, 6.07) is 10.7. The summed E-state index contributed by atoms with van der Waals surface area (Å²) >= 11 is 0. The molecule has 1 heterocycles. The van der Waals surface area contributed by atoms with Gasteiger partial charge in [0.1, 0.15) is 5.82 Å². The molecule has 0 N–H and O–H groups in total. The first-order chi connectivity index (χ1) is 7.34. The Balaban J connectivity index is 2.55. The number of benzene rings is 2. The summed E-state index contributed by atoms with van der Waals surface area (Å²) in [5, 5.41) is 4.15. The highest BCUT2D eigenvalue weighted by Gasteiger charge is 2.00. The Morgan fingerprint density at radius 3 is 2.67 bits per heavy atom. The van der Waals surface area contributed by atoms with Gasteiger partial charge in [0, 0.05) is 17.8 Å². The Bertz CT molecular complexity index is 646. The van der Waals surface area contributed by atoms with Crippen molar-refractivity contribution >= 4 is 21.5 Å². The van der Waals surface area contributed by atoms with Gasteiger partial charge >= 0.3 is 0 Å². The number of aromatic nitrogens is 1. The Labute approximate surface area is 86.2 Å². The van der Waals surface area contributed by atoms with Crippen LogP contribution in [0.2, 0.25) is 0 Å². The van der Waals surface area contributed by atoms with Crippen LogP contribution in [0.25, 0.3) is 21.5 Å². The maximum Gasteiger partial charge on any atom is 0.123 e. The van der Waals surface area contributed by atoms with Gasteiger partial charge in [0.15, 0.2) is 0 Å². The minimum Gasteiger partial charge on any atom is -0.264 e. The predicted molar refractivity (Wildman–Crippen MR) is 59.2 cm³/mol. The third kappa shape index (κ3) is 1.26. The van der Waals surface area contributed by atoms with Crippen molar-refractivity contribution < 1.29 is 4.39 Å². The SMILES string of the molecule is Fc1ccc2c(ccc3ccncc32)c1. The van der Waals surface area contributed by atoms with Crippen LogP contribution in [0, 0.1) is 5.82 Å². The van der Waals surface area contributed by atoms with Gasteiger partial charge in [-0.2, -0.15) is 0 Å². The first kappa shape index (κ1) is 8.36. The van der Waals surface area contributed by atoms with Crippen LogP contribution < -0.4 is 0 Å². The zero-order valence-electron chi connectivity index (χ0n) is 7.94. The maximum atomic E-state index is 13.0. The molecule has 0 unspecified atom stereocenters. The molecule has 1 aromatic heterocycles. The van der Waals surface area contributed by atoms with Crippen LogP contribution in [-0.4, -0.2) is 4.98 Å². The van der Waals surface area contributed by atoms with Crippen LogP contribution >= 0.6 is 0 Å². The zero-order chi connectivity index (χ0) is 10.3. The van der Waals surface area contributed by atoms with Crippen LogP contribution in [0.5, 0.6) is 0 Å². The molecule has 2 aromatic carbocycles. The first-order valence-corrected chi connectivity index (χ1v) is 4.76. The average molecular weight is 197 g/mol. The van der Waals surface area contributed by atoms with Crippen molar-refractivity contribution in [1.82, 2.24) is 4.98 Å². The van der Waals surface area contributed by atoms with Crippen molar-refractivity contribution in [3.63, 3.8) is 0 Å². The molecule has 0 aliphatic rings. The molecule has 3 aromatic rings.